The molecule has 3 rings (SSSR count). The van der Waals surface area contributed by atoms with E-state index in [1.807, 2.05) is 35.2 Å². The van der Waals surface area contributed by atoms with Crippen molar-refractivity contribution in [1.29, 1.82) is 0 Å². The number of hydrogen-bond donors (Lipinski definition) is 1. The normalized spacial score (nSPS) is 17.2. The summed E-state index contributed by atoms with van der Waals surface area (Å²) in [7, 11) is 0. The zero-order valence-corrected chi connectivity index (χ0v) is 14.5. The van der Waals surface area contributed by atoms with E-state index in [4.69, 9.17) is 4.74 Å². The number of nitrogens with zero attached hydrogens (tertiary/aromatic N) is 2. The van der Waals surface area contributed by atoms with Gasteiger partial charge in [-0.1, -0.05) is 42.5 Å². The number of benzene rings is 2. The molecule has 0 bridgehead atoms. The van der Waals surface area contributed by atoms with Crippen molar-refractivity contribution in [1.82, 2.24) is 4.90 Å². The molecule has 140 valence electrons. The van der Waals surface area contributed by atoms with Crippen LogP contribution in [0.1, 0.15) is 12.0 Å². The summed E-state index contributed by atoms with van der Waals surface area (Å²) in [5.41, 5.74) is 0.931. The lowest BCUT2D eigenvalue weighted by Gasteiger charge is -2.33. The van der Waals surface area contributed by atoms with Crippen molar-refractivity contribution in [3.8, 4) is 0 Å². The van der Waals surface area contributed by atoms with Crippen LogP contribution in [0.25, 0.3) is 0 Å². The molecular formula is C19H19N3O5. The number of cyclic esters (lactones) is 1. The van der Waals surface area contributed by atoms with E-state index >= 15 is 0 Å². The molecule has 1 saturated heterocycles. The van der Waals surface area contributed by atoms with Crippen molar-refractivity contribution >= 4 is 23.3 Å². The fourth-order valence-corrected chi connectivity index (χ4v) is 3.00. The summed E-state index contributed by atoms with van der Waals surface area (Å²) < 4.78 is 5.10. The first-order valence-corrected chi connectivity index (χ1v) is 8.52. The number of nitrogens with one attached hydrogen (secondary N) is 1. The van der Waals surface area contributed by atoms with Crippen LogP contribution in [0, 0.1) is 10.1 Å². The largest absolute Gasteiger partial charge is 0.463 e. The lowest BCUT2D eigenvalue weighted by Crippen LogP contribution is -2.49. The van der Waals surface area contributed by atoms with E-state index in [2.05, 4.69) is 5.32 Å². The Bertz CT molecular complexity index is 840. The van der Waals surface area contributed by atoms with Crippen LogP contribution in [-0.4, -0.2) is 40.9 Å². The molecule has 0 saturated carbocycles. The number of amides is 1. The highest BCUT2D eigenvalue weighted by Gasteiger charge is 2.33. The topological polar surface area (TPSA) is 102 Å². The number of carbonyl (C=O) groups is 2. The molecule has 0 spiro atoms. The highest BCUT2D eigenvalue weighted by Crippen LogP contribution is 2.24. The van der Waals surface area contributed by atoms with Gasteiger partial charge in [-0.25, -0.2) is 0 Å². The fourth-order valence-electron chi connectivity index (χ4n) is 3.00. The van der Waals surface area contributed by atoms with Crippen LogP contribution in [-0.2, 0) is 20.9 Å². The SMILES string of the molecule is O=C(C[C@H]1C(=O)OCCN1Cc1ccccc1)Nc1ccccc1[N+](=O)[O-]. The number of rotatable bonds is 6. The van der Waals surface area contributed by atoms with E-state index in [0.717, 1.165) is 5.56 Å². The maximum atomic E-state index is 12.4. The Kier molecular flexibility index (Phi) is 5.77. The number of hydrogen-bond acceptors (Lipinski definition) is 6. The van der Waals surface area contributed by atoms with E-state index in [1.165, 1.54) is 18.2 Å². The number of anilines is 1. The minimum absolute atomic E-state index is 0.103. The van der Waals surface area contributed by atoms with Crippen LogP contribution in [0.15, 0.2) is 54.6 Å². The van der Waals surface area contributed by atoms with Gasteiger partial charge in [-0.05, 0) is 11.6 Å². The average molecular weight is 369 g/mol. The van der Waals surface area contributed by atoms with Crippen LogP contribution >= 0.6 is 0 Å². The second-order valence-corrected chi connectivity index (χ2v) is 6.17. The van der Waals surface area contributed by atoms with Gasteiger partial charge in [-0.3, -0.25) is 24.6 Å². The average Bonchev–Trinajstić information content (AvgIpc) is 2.65. The molecule has 8 heteroatoms. The lowest BCUT2D eigenvalue weighted by atomic mass is 10.1. The molecule has 1 atom stereocenters. The number of morpholine rings is 1. The highest BCUT2D eigenvalue weighted by atomic mass is 16.6. The van der Waals surface area contributed by atoms with Gasteiger partial charge in [0, 0.05) is 19.2 Å². The number of esters is 1. The molecule has 1 N–H and O–H groups in total. The second kappa shape index (κ2) is 8.41. The molecule has 1 aliphatic rings. The number of para-hydroxylation sites is 2. The first-order valence-electron chi connectivity index (χ1n) is 8.52. The van der Waals surface area contributed by atoms with Gasteiger partial charge in [0.05, 0.1) is 11.3 Å². The van der Waals surface area contributed by atoms with Gasteiger partial charge in [0.2, 0.25) is 5.91 Å². The fraction of sp³-hybridized carbons (Fsp3) is 0.263. The van der Waals surface area contributed by atoms with Crippen molar-refractivity contribution in [3.63, 3.8) is 0 Å². The minimum atomic E-state index is -0.735. The smallest absolute Gasteiger partial charge is 0.323 e. The zero-order valence-electron chi connectivity index (χ0n) is 14.5. The summed E-state index contributed by atoms with van der Waals surface area (Å²) in [4.78, 5) is 37.0. The van der Waals surface area contributed by atoms with Gasteiger partial charge >= 0.3 is 5.97 Å². The van der Waals surface area contributed by atoms with E-state index in [0.29, 0.717) is 13.1 Å². The monoisotopic (exact) mass is 369 g/mol. The van der Waals surface area contributed by atoms with E-state index < -0.39 is 22.8 Å². The van der Waals surface area contributed by atoms with Crippen LogP contribution in [0.4, 0.5) is 11.4 Å². The molecule has 2 aromatic rings. The molecule has 0 unspecified atom stereocenters. The van der Waals surface area contributed by atoms with Gasteiger partial charge in [-0.2, -0.15) is 0 Å². The predicted octanol–water partition coefficient (Wildman–Crippen LogP) is 2.35. The van der Waals surface area contributed by atoms with E-state index in [9.17, 15) is 19.7 Å². The second-order valence-electron chi connectivity index (χ2n) is 6.17. The Balaban J connectivity index is 1.70. The molecular weight excluding hydrogens is 350 g/mol. The zero-order chi connectivity index (χ0) is 19.2. The lowest BCUT2D eigenvalue weighted by molar-refractivity contribution is -0.383. The summed E-state index contributed by atoms with van der Waals surface area (Å²) in [6, 6.07) is 14.8. The van der Waals surface area contributed by atoms with Crippen LogP contribution in [0.5, 0.6) is 0 Å². The summed E-state index contributed by atoms with van der Waals surface area (Å²) in [5.74, 6) is -0.943. The number of ether oxygens (including phenoxy) is 1. The van der Waals surface area contributed by atoms with Crippen molar-refractivity contribution in [2.75, 3.05) is 18.5 Å². The molecule has 1 fully saturated rings. The number of carbonyl (C=O) groups excluding carboxylic acids is 2. The summed E-state index contributed by atoms with van der Waals surface area (Å²) >= 11 is 0. The van der Waals surface area contributed by atoms with Crippen molar-refractivity contribution in [3.05, 3.63) is 70.3 Å². The minimum Gasteiger partial charge on any atom is -0.463 e. The molecule has 27 heavy (non-hydrogen) atoms. The standard InChI is InChI=1S/C19H19N3O5/c23-18(20-15-8-4-5-9-16(15)22(25)26)12-17-19(24)27-11-10-21(17)13-14-6-2-1-3-7-14/h1-9,17H,10-13H2,(H,20,23)/t17-/m0/s1. The van der Waals surface area contributed by atoms with Crippen molar-refractivity contribution < 1.29 is 19.2 Å². The number of nitro groups is 1. The van der Waals surface area contributed by atoms with Crippen LogP contribution < -0.4 is 5.32 Å². The highest BCUT2D eigenvalue weighted by molar-refractivity contribution is 5.96. The maximum Gasteiger partial charge on any atom is 0.323 e. The first kappa shape index (κ1) is 18.5. The quantitative estimate of drug-likeness (QED) is 0.476. The Morgan fingerprint density at radius 3 is 2.63 bits per heavy atom. The Morgan fingerprint density at radius 1 is 1.19 bits per heavy atom. The Hall–Kier alpha value is -3.26. The molecule has 0 aromatic heterocycles. The van der Waals surface area contributed by atoms with E-state index in [-0.39, 0.29) is 24.4 Å². The molecule has 0 aliphatic carbocycles. The molecule has 0 radical (unpaired) electrons. The third-order valence-electron chi connectivity index (χ3n) is 4.32. The molecule has 1 amide bonds. The van der Waals surface area contributed by atoms with Gasteiger partial charge in [0.15, 0.2) is 0 Å². The third kappa shape index (κ3) is 4.68. The van der Waals surface area contributed by atoms with Crippen molar-refractivity contribution in [2.45, 2.75) is 19.0 Å². The van der Waals surface area contributed by atoms with Gasteiger partial charge in [0.25, 0.3) is 5.69 Å². The first-order chi connectivity index (χ1) is 13.0. The van der Waals surface area contributed by atoms with Gasteiger partial charge < -0.3 is 10.1 Å². The van der Waals surface area contributed by atoms with Crippen LogP contribution in [0.3, 0.4) is 0 Å². The Morgan fingerprint density at radius 2 is 1.89 bits per heavy atom. The van der Waals surface area contributed by atoms with Crippen LogP contribution in [0.2, 0.25) is 0 Å². The molecule has 1 aliphatic heterocycles. The van der Waals surface area contributed by atoms with Gasteiger partial charge in [-0.15, -0.1) is 0 Å². The summed E-state index contributed by atoms with van der Waals surface area (Å²) in [6.07, 6.45) is -0.141. The third-order valence-corrected chi connectivity index (χ3v) is 4.32. The van der Waals surface area contributed by atoms with Gasteiger partial charge in [0.1, 0.15) is 18.3 Å². The summed E-state index contributed by atoms with van der Waals surface area (Å²) in [5, 5.41) is 13.6. The predicted molar refractivity (Wildman–Crippen MR) is 97.9 cm³/mol. The molecule has 2 aromatic carbocycles. The van der Waals surface area contributed by atoms with Crippen molar-refractivity contribution in [2.24, 2.45) is 0 Å². The molecule has 8 nitrogen and oxygen atoms in total. The maximum absolute atomic E-state index is 12.4. The Labute approximate surface area is 155 Å². The van der Waals surface area contributed by atoms with E-state index in [1.54, 1.807) is 6.07 Å². The summed E-state index contributed by atoms with van der Waals surface area (Å²) in [6.45, 7) is 1.30. The molecule has 1 heterocycles. The number of nitro benzene ring substituents is 1.